The molecule has 0 radical (unpaired) electrons. The zero-order valence-corrected chi connectivity index (χ0v) is 5.13. The minimum absolute atomic E-state index is 0.309. The number of oxazole rings is 1. The summed E-state index contributed by atoms with van der Waals surface area (Å²) >= 11 is 0. The minimum atomic E-state index is 0.309. The van der Waals surface area contributed by atoms with Crippen molar-refractivity contribution < 1.29 is 9.15 Å². The van der Waals surface area contributed by atoms with Gasteiger partial charge in [-0.15, -0.1) is 0 Å². The van der Waals surface area contributed by atoms with E-state index in [4.69, 9.17) is 14.9 Å². The van der Waals surface area contributed by atoms with E-state index in [-0.39, 0.29) is 0 Å². The van der Waals surface area contributed by atoms with Crippen LogP contribution >= 0.6 is 0 Å². The van der Waals surface area contributed by atoms with Crippen molar-refractivity contribution in [2.24, 2.45) is 5.73 Å². The van der Waals surface area contributed by atoms with Crippen LogP contribution in [0.3, 0.4) is 0 Å². The summed E-state index contributed by atoms with van der Waals surface area (Å²) in [5.41, 5.74) is 5.21. The summed E-state index contributed by atoms with van der Waals surface area (Å²) in [6.45, 7) is 0.309. The van der Waals surface area contributed by atoms with E-state index in [9.17, 15) is 0 Å². The van der Waals surface area contributed by atoms with Gasteiger partial charge in [0.15, 0.2) is 0 Å². The second kappa shape index (κ2) is 2.50. The van der Waals surface area contributed by atoms with Crippen molar-refractivity contribution in [3.63, 3.8) is 0 Å². The highest BCUT2D eigenvalue weighted by molar-refractivity contribution is 4.98. The van der Waals surface area contributed by atoms with Gasteiger partial charge in [0, 0.05) is 0 Å². The molecule has 0 aromatic carbocycles. The Morgan fingerprint density at radius 3 is 3.00 bits per heavy atom. The van der Waals surface area contributed by atoms with Crippen molar-refractivity contribution in [3.05, 3.63) is 12.1 Å². The lowest BCUT2D eigenvalue weighted by Crippen LogP contribution is -1.94. The van der Waals surface area contributed by atoms with Crippen molar-refractivity contribution in [1.29, 1.82) is 0 Å². The third-order valence-electron chi connectivity index (χ3n) is 0.908. The molecule has 1 heterocycles. The summed E-state index contributed by atoms with van der Waals surface area (Å²) in [6, 6.07) is 0. The number of rotatable bonds is 2. The van der Waals surface area contributed by atoms with Gasteiger partial charge in [-0.2, -0.15) is 0 Å². The molecule has 0 amide bonds. The van der Waals surface area contributed by atoms with Gasteiger partial charge in [-0.05, 0) is 0 Å². The fourth-order valence-electron chi connectivity index (χ4n) is 0.482. The summed E-state index contributed by atoms with van der Waals surface area (Å²) in [6.07, 6.45) is 1.49. The normalized spacial score (nSPS) is 9.56. The number of aromatic nitrogens is 1. The molecule has 0 aliphatic carbocycles. The Morgan fingerprint density at radius 2 is 2.67 bits per heavy atom. The van der Waals surface area contributed by atoms with Crippen LogP contribution in [0, 0.1) is 0 Å². The fraction of sp³-hybridized carbons (Fsp3) is 0.400. The van der Waals surface area contributed by atoms with Gasteiger partial charge >= 0.3 is 5.95 Å². The predicted octanol–water partition coefficient (Wildman–Crippen LogP) is 0.142. The van der Waals surface area contributed by atoms with Crippen LogP contribution in [0.1, 0.15) is 5.89 Å². The molecule has 0 unspecified atom stereocenters. The van der Waals surface area contributed by atoms with Gasteiger partial charge in [-0.1, -0.05) is 0 Å². The molecule has 4 heteroatoms. The predicted molar refractivity (Wildman–Crippen MR) is 30.9 cm³/mol. The molecule has 50 valence electrons. The van der Waals surface area contributed by atoms with Crippen LogP contribution in [0.4, 0.5) is 0 Å². The number of methoxy groups -OCH3 is 1. The van der Waals surface area contributed by atoms with Crippen LogP contribution in [0.15, 0.2) is 10.6 Å². The maximum atomic E-state index is 5.21. The average molecular weight is 128 g/mol. The lowest BCUT2D eigenvalue weighted by atomic mass is 10.7. The standard InChI is InChI=1S/C5H8N2O2/c1-8-5-3-7-4(2-6)9-5/h3H,2,6H2,1H3. The molecule has 1 rings (SSSR count). The number of hydrogen-bond acceptors (Lipinski definition) is 4. The first-order chi connectivity index (χ1) is 4.36. The smallest absolute Gasteiger partial charge is 0.304 e. The SMILES string of the molecule is COc1cnc(CN)o1. The van der Waals surface area contributed by atoms with Crippen LogP contribution < -0.4 is 10.5 Å². The molecular weight excluding hydrogens is 120 g/mol. The quantitative estimate of drug-likeness (QED) is 0.615. The molecule has 1 aromatic heterocycles. The Labute approximate surface area is 52.6 Å². The van der Waals surface area contributed by atoms with Gasteiger partial charge < -0.3 is 14.9 Å². The molecule has 4 nitrogen and oxygen atoms in total. The van der Waals surface area contributed by atoms with Crippen LogP contribution in [0.5, 0.6) is 5.95 Å². The number of hydrogen-bond donors (Lipinski definition) is 1. The second-order valence-corrected chi connectivity index (χ2v) is 1.48. The third kappa shape index (κ3) is 1.20. The van der Waals surface area contributed by atoms with Crippen molar-refractivity contribution in [3.8, 4) is 5.95 Å². The number of ether oxygens (including phenoxy) is 1. The highest BCUT2D eigenvalue weighted by atomic mass is 16.6. The van der Waals surface area contributed by atoms with Crippen LogP contribution in [0.25, 0.3) is 0 Å². The molecule has 0 spiro atoms. The Hall–Kier alpha value is -1.03. The van der Waals surface area contributed by atoms with Crippen molar-refractivity contribution in [2.45, 2.75) is 6.54 Å². The molecule has 2 N–H and O–H groups in total. The molecule has 0 aliphatic rings. The van der Waals surface area contributed by atoms with Crippen LogP contribution in [-0.4, -0.2) is 12.1 Å². The number of nitrogens with two attached hydrogens (primary N) is 1. The lowest BCUT2D eigenvalue weighted by molar-refractivity contribution is 0.293. The van der Waals surface area contributed by atoms with E-state index in [0.29, 0.717) is 18.4 Å². The van der Waals surface area contributed by atoms with E-state index in [0.717, 1.165) is 0 Å². The van der Waals surface area contributed by atoms with Gasteiger partial charge in [0.2, 0.25) is 5.89 Å². The zero-order valence-electron chi connectivity index (χ0n) is 5.13. The topological polar surface area (TPSA) is 61.3 Å². The second-order valence-electron chi connectivity index (χ2n) is 1.48. The van der Waals surface area contributed by atoms with E-state index in [1.807, 2.05) is 0 Å². The number of nitrogens with zero attached hydrogens (tertiary/aromatic N) is 1. The molecule has 0 saturated carbocycles. The average Bonchev–Trinajstić information content (AvgIpc) is 2.34. The fourth-order valence-corrected chi connectivity index (χ4v) is 0.482. The van der Waals surface area contributed by atoms with Crippen LogP contribution in [-0.2, 0) is 6.54 Å². The summed E-state index contributed by atoms with van der Waals surface area (Å²) in [4.78, 5) is 3.79. The lowest BCUT2D eigenvalue weighted by Gasteiger charge is -1.87. The summed E-state index contributed by atoms with van der Waals surface area (Å²) in [5, 5.41) is 0. The van der Waals surface area contributed by atoms with E-state index in [1.54, 1.807) is 0 Å². The zero-order chi connectivity index (χ0) is 6.69. The van der Waals surface area contributed by atoms with Gasteiger partial charge in [-0.25, -0.2) is 4.98 Å². The van der Waals surface area contributed by atoms with E-state index in [2.05, 4.69) is 4.98 Å². The molecule has 0 saturated heterocycles. The summed E-state index contributed by atoms with van der Waals surface area (Å²) in [5.74, 6) is 0.891. The first-order valence-corrected chi connectivity index (χ1v) is 2.55. The Bertz CT molecular complexity index is 166. The van der Waals surface area contributed by atoms with Gasteiger partial charge in [0.25, 0.3) is 0 Å². The van der Waals surface area contributed by atoms with Crippen LogP contribution in [0.2, 0.25) is 0 Å². The molecule has 0 bridgehead atoms. The van der Waals surface area contributed by atoms with E-state index < -0.39 is 0 Å². The van der Waals surface area contributed by atoms with Crippen molar-refractivity contribution in [2.75, 3.05) is 7.11 Å². The van der Waals surface area contributed by atoms with E-state index >= 15 is 0 Å². The molecule has 0 atom stereocenters. The first kappa shape index (κ1) is 6.10. The molecule has 0 fully saturated rings. The van der Waals surface area contributed by atoms with Gasteiger partial charge in [0.1, 0.15) is 6.20 Å². The molecule has 9 heavy (non-hydrogen) atoms. The molecule has 1 aromatic rings. The third-order valence-corrected chi connectivity index (χ3v) is 0.908. The van der Waals surface area contributed by atoms with Gasteiger partial charge in [-0.3, -0.25) is 0 Å². The highest BCUT2D eigenvalue weighted by Crippen LogP contribution is 2.09. The Kier molecular flexibility index (Phi) is 1.69. The van der Waals surface area contributed by atoms with Crippen molar-refractivity contribution >= 4 is 0 Å². The summed E-state index contributed by atoms with van der Waals surface area (Å²) in [7, 11) is 1.51. The first-order valence-electron chi connectivity index (χ1n) is 2.55. The maximum Gasteiger partial charge on any atom is 0.304 e. The van der Waals surface area contributed by atoms with Gasteiger partial charge in [0.05, 0.1) is 13.7 Å². The monoisotopic (exact) mass is 128 g/mol. The van der Waals surface area contributed by atoms with E-state index in [1.165, 1.54) is 13.3 Å². The largest absolute Gasteiger partial charge is 0.467 e. The minimum Gasteiger partial charge on any atom is -0.467 e. The Balaban J connectivity index is 2.74. The van der Waals surface area contributed by atoms with Crippen molar-refractivity contribution in [1.82, 2.24) is 4.98 Å². The highest BCUT2D eigenvalue weighted by Gasteiger charge is 1.98. The summed E-state index contributed by atoms with van der Waals surface area (Å²) < 4.78 is 9.64. The Morgan fingerprint density at radius 1 is 1.89 bits per heavy atom. The molecular formula is C5H8N2O2. The molecule has 0 aliphatic heterocycles. The maximum absolute atomic E-state index is 5.21.